The van der Waals surface area contributed by atoms with E-state index in [4.69, 9.17) is 0 Å². The van der Waals surface area contributed by atoms with Gasteiger partial charge in [0.1, 0.15) is 17.2 Å². The Morgan fingerprint density at radius 1 is 0.239 bits per heavy atom. The summed E-state index contributed by atoms with van der Waals surface area (Å²) in [4.78, 5) is 0. The Bertz CT molecular complexity index is 3400. The maximum Gasteiger partial charge on any atom is 0.137 e. The number of aromatic hydroxyl groups is 3. The smallest absolute Gasteiger partial charge is 0.137 e. The molecule has 324 valence electrons. The molecule has 0 fully saturated rings. The molecule has 0 amide bonds. The minimum Gasteiger partial charge on any atom is -0.506 e. The fraction of sp³-hybridized carbons (Fsp3) is 0. The Hall–Kier alpha value is -4.87. The van der Waals surface area contributed by atoms with E-state index in [0.717, 1.165) is 92.6 Å². The Morgan fingerprint density at radius 2 is 0.448 bits per heavy atom. The molecule has 0 heterocycles. The fourth-order valence-corrected chi connectivity index (χ4v) is 10.9. The Labute approximate surface area is 462 Å². The van der Waals surface area contributed by atoms with Crippen molar-refractivity contribution < 1.29 is 55.7 Å². The molecule has 12 aromatic carbocycles. The SMILES string of the molecule is Oc1c(I)cc2ccccc2c1-c1cccc2ccccc12.Oc1c(I)cc2ccccc2c1-c1cccc2ccccc12.Oc1c(I)cc2ccccc2c1-c1cccc2ccccc12.[Sm]. The fourth-order valence-electron chi connectivity index (χ4n) is 9.06. The predicted molar refractivity (Wildman–Crippen MR) is 304 cm³/mol. The zero-order valence-electron chi connectivity index (χ0n) is 35.7. The molecule has 12 rings (SSSR count). The molecule has 0 aliphatic carbocycles. The summed E-state index contributed by atoms with van der Waals surface area (Å²) in [5.74, 6) is 1.07. The second kappa shape index (κ2) is 20.8. The normalized spacial score (nSPS) is 11.0. The molecule has 0 unspecified atom stereocenters. The molecule has 12 aromatic rings. The first-order valence-electron chi connectivity index (χ1n) is 21.4. The third-order valence-corrected chi connectivity index (χ3v) is 14.6. The Morgan fingerprint density at radius 3 is 0.716 bits per heavy atom. The Kier molecular flexibility index (Phi) is 14.6. The van der Waals surface area contributed by atoms with Gasteiger partial charge in [-0.3, -0.25) is 0 Å². The number of halogens is 3. The van der Waals surface area contributed by atoms with Gasteiger partial charge in [0.2, 0.25) is 0 Å². The molecule has 0 aliphatic heterocycles. The van der Waals surface area contributed by atoms with E-state index in [1.165, 1.54) is 16.2 Å². The maximum atomic E-state index is 10.7. The number of benzene rings is 12. The number of fused-ring (bicyclic) bond motifs is 6. The van der Waals surface area contributed by atoms with Crippen LogP contribution in [0.4, 0.5) is 0 Å². The van der Waals surface area contributed by atoms with Crippen molar-refractivity contribution in [3.63, 3.8) is 0 Å². The second-order valence-corrected chi connectivity index (χ2v) is 19.5. The minimum absolute atomic E-state index is 0. The van der Waals surface area contributed by atoms with Crippen molar-refractivity contribution in [2.75, 3.05) is 0 Å². The van der Waals surface area contributed by atoms with Crippen molar-refractivity contribution >= 4 is 132 Å². The largest absolute Gasteiger partial charge is 0.506 e. The number of phenolic OH excluding ortho intramolecular Hbond substituents is 3. The van der Waals surface area contributed by atoms with Crippen molar-refractivity contribution in [3.05, 3.63) is 229 Å². The first kappa shape index (κ1) is 47.2. The topological polar surface area (TPSA) is 60.7 Å². The van der Waals surface area contributed by atoms with Crippen LogP contribution in [0.1, 0.15) is 0 Å². The number of hydrogen-bond acceptors (Lipinski definition) is 3. The van der Waals surface area contributed by atoms with Gasteiger partial charge in [0.15, 0.2) is 0 Å². The van der Waals surface area contributed by atoms with Gasteiger partial charge < -0.3 is 15.3 Å². The van der Waals surface area contributed by atoms with Gasteiger partial charge in [-0.05, 0) is 167 Å². The number of rotatable bonds is 3. The van der Waals surface area contributed by atoms with E-state index in [2.05, 4.69) is 177 Å². The van der Waals surface area contributed by atoms with Gasteiger partial charge in [-0.15, -0.1) is 0 Å². The van der Waals surface area contributed by atoms with Crippen LogP contribution in [-0.4, -0.2) is 15.3 Å². The van der Waals surface area contributed by atoms with Crippen LogP contribution in [0.25, 0.3) is 98.0 Å². The van der Waals surface area contributed by atoms with Crippen molar-refractivity contribution in [2.45, 2.75) is 0 Å². The van der Waals surface area contributed by atoms with Crippen molar-refractivity contribution in [1.82, 2.24) is 0 Å². The third-order valence-electron chi connectivity index (χ3n) is 12.1. The van der Waals surface area contributed by atoms with E-state index in [9.17, 15) is 15.3 Å². The van der Waals surface area contributed by atoms with Crippen molar-refractivity contribution in [3.8, 4) is 50.6 Å². The van der Waals surface area contributed by atoms with Crippen LogP contribution in [0.2, 0.25) is 0 Å². The van der Waals surface area contributed by atoms with Crippen molar-refractivity contribution in [1.29, 1.82) is 0 Å². The van der Waals surface area contributed by atoms with Gasteiger partial charge in [0, 0.05) is 57.1 Å². The second-order valence-electron chi connectivity index (χ2n) is 16.0. The van der Waals surface area contributed by atoms with E-state index < -0.39 is 0 Å². The van der Waals surface area contributed by atoms with Gasteiger partial charge in [-0.25, -0.2) is 0 Å². The quantitative estimate of drug-likeness (QED) is 0.155. The van der Waals surface area contributed by atoms with Gasteiger partial charge >= 0.3 is 0 Å². The van der Waals surface area contributed by atoms with E-state index in [1.807, 2.05) is 109 Å². The van der Waals surface area contributed by atoms with Crippen LogP contribution in [-0.2, 0) is 0 Å². The summed E-state index contributed by atoms with van der Waals surface area (Å²) < 4.78 is 2.62. The molecule has 3 nitrogen and oxygen atoms in total. The molecular formula is C60H39I3O3Sm. The summed E-state index contributed by atoms with van der Waals surface area (Å²) in [5, 5.41) is 45.8. The van der Waals surface area contributed by atoms with Crippen LogP contribution in [0.3, 0.4) is 0 Å². The monoisotopic (exact) mass is 1340 g/mol. The molecule has 7 heteroatoms. The molecule has 0 atom stereocenters. The molecule has 0 saturated carbocycles. The third kappa shape index (κ3) is 9.36. The first-order valence-corrected chi connectivity index (χ1v) is 24.7. The first-order chi connectivity index (χ1) is 32.3. The molecule has 0 saturated heterocycles. The number of phenols is 3. The summed E-state index contributed by atoms with van der Waals surface area (Å²) in [6.45, 7) is 0. The molecule has 0 bridgehead atoms. The summed E-state index contributed by atoms with van der Waals surface area (Å²) in [7, 11) is 0. The van der Waals surface area contributed by atoms with Crippen LogP contribution in [0, 0.1) is 51.1 Å². The van der Waals surface area contributed by atoms with E-state index in [0.29, 0.717) is 17.2 Å². The molecule has 3 N–H and O–H groups in total. The molecule has 0 aromatic heterocycles. The van der Waals surface area contributed by atoms with E-state index in [-0.39, 0.29) is 40.4 Å². The average Bonchev–Trinajstić information content (AvgIpc) is 3.35. The zero-order chi connectivity index (χ0) is 45.3. The molecule has 67 heavy (non-hydrogen) atoms. The van der Waals surface area contributed by atoms with Crippen LogP contribution in [0.15, 0.2) is 218 Å². The molecule has 0 spiro atoms. The average molecular weight is 1340 g/mol. The van der Waals surface area contributed by atoms with Gasteiger partial charge in [0.05, 0.1) is 10.7 Å². The molecule has 0 radical (unpaired) electrons. The van der Waals surface area contributed by atoms with Crippen LogP contribution in [0.5, 0.6) is 17.2 Å². The van der Waals surface area contributed by atoms with E-state index in [1.54, 1.807) is 0 Å². The summed E-state index contributed by atoms with van der Waals surface area (Å²) in [6.07, 6.45) is 0. The van der Waals surface area contributed by atoms with Crippen molar-refractivity contribution in [2.24, 2.45) is 0 Å². The van der Waals surface area contributed by atoms with Crippen LogP contribution >= 0.6 is 67.8 Å². The summed E-state index contributed by atoms with van der Waals surface area (Å²) in [5.41, 5.74) is 5.97. The maximum absolute atomic E-state index is 10.7. The summed E-state index contributed by atoms with van der Waals surface area (Å²) >= 11 is 6.60. The predicted octanol–water partition coefficient (Wildman–Crippen LogP) is 17.9. The van der Waals surface area contributed by atoms with E-state index >= 15 is 0 Å². The molecule has 0 aliphatic rings. The Balaban J connectivity index is 0.000000125. The summed E-state index contributed by atoms with van der Waals surface area (Å²) in [6, 6.07) is 74.3. The van der Waals surface area contributed by atoms with Crippen LogP contribution < -0.4 is 0 Å². The van der Waals surface area contributed by atoms with Gasteiger partial charge in [0.25, 0.3) is 0 Å². The number of hydrogen-bond donors (Lipinski definition) is 3. The van der Waals surface area contributed by atoms with Gasteiger partial charge in [-0.1, -0.05) is 200 Å². The molecular weight excluding hydrogens is 1300 g/mol. The van der Waals surface area contributed by atoms with Gasteiger partial charge in [-0.2, -0.15) is 0 Å². The zero-order valence-corrected chi connectivity index (χ0v) is 44.8. The standard InChI is InChI=1S/3C20H13IO.Sm/c3*21-18-12-14-7-2-4-10-16(14)19(20(18)22)17-11-5-8-13-6-1-3-9-15(13)17;/h3*1-12,22H;. The minimum atomic E-state index is 0.